The van der Waals surface area contributed by atoms with Crippen molar-refractivity contribution in [2.75, 3.05) is 13.6 Å². The van der Waals surface area contributed by atoms with E-state index in [0.29, 0.717) is 17.8 Å². The Morgan fingerprint density at radius 3 is 2.68 bits per heavy atom. The predicted octanol–water partition coefficient (Wildman–Crippen LogP) is 0.553. The number of hydrogen-bond donors (Lipinski definition) is 2. The number of carbonyl (C=O) groups is 2. The molecule has 2 atom stereocenters. The summed E-state index contributed by atoms with van der Waals surface area (Å²) in [4.78, 5) is 30.0. The van der Waals surface area contributed by atoms with Crippen molar-refractivity contribution in [3.63, 3.8) is 0 Å². The van der Waals surface area contributed by atoms with Crippen LogP contribution in [0.15, 0.2) is 24.4 Å². The Kier molecular flexibility index (Phi) is 4.38. The molecule has 0 spiro atoms. The maximum absolute atomic E-state index is 12.3. The summed E-state index contributed by atoms with van der Waals surface area (Å²) in [6, 6.07) is 6.50. The number of amides is 2. The highest BCUT2D eigenvalue weighted by atomic mass is 16.2. The van der Waals surface area contributed by atoms with E-state index < -0.39 is 0 Å². The van der Waals surface area contributed by atoms with Crippen molar-refractivity contribution in [2.45, 2.75) is 43.8 Å². The van der Waals surface area contributed by atoms with Crippen LogP contribution in [0.1, 0.15) is 36.2 Å². The highest BCUT2D eigenvalue weighted by Crippen LogP contribution is 2.29. The molecule has 0 aliphatic carbocycles. The predicted molar refractivity (Wildman–Crippen MR) is 82.3 cm³/mol. The zero-order chi connectivity index (χ0) is 15.5. The van der Waals surface area contributed by atoms with E-state index in [1.165, 1.54) is 12.8 Å². The second-order valence-corrected chi connectivity index (χ2v) is 6.17. The number of hydrogen-bond acceptors (Lipinski definition) is 4. The highest BCUT2D eigenvalue weighted by Gasteiger charge is 2.36. The van der Waals surface area contributed by atoms with Crippen LogP contribution in [0.2, 0.25) is 0 Å². The number of fused-ring (bicyclic) bond motifs is 2. The van der Waals surface area contributed by atoms with Crippen LogP contribution >= 0.6 is 0 Å². The molecule has 6 nitrogen and oxygen atoms in total. The standard InChI is InChI=1S/C16H22N4O2/c1-20(13-8-11-5-6-12(9-13)19-11)15(21)10-18-16(22)14-4-2-3-7-17-14/h2-4,7,11-13,19H,5-6,8-10H2,1H3,(H,18,22). The molecule has 2 aliphatic rings. The maximum atomic E-state index is 12.3. The van der Waals surface area contributed by atoms with Crippen LogP contribution in [0.4, 0.5) is 0 Å². The summed E-state index contributed by atoms with van der Waals surface area (Å²) < 4.78 is 0. The highest BCUT2D eigenvalue weighted by molar-refractivity contribution is 5.94. The third-order valence-electron chi connectivity index (χ3n) is 4.69. The lowest BCUT2D eigenvalue weighted by Gasteiger charge is -2.35. The Balaban J connectivity index is 1.50. The molecular formula is C16H22N4O2. The molecule has 0 radical (unpaired) electrons. The molecule has 2 aliphatic heterocycles. The van der Waals surface area contributed by atoms with E-state index in [0.717, 1.165) is 12.8 Å². The van der Waals surface area contributed by atoms with Crippen LogP contribution in [0.25, 0.3) is 0 Å². The van der Waals surface area contributed by atoms with Crippen LogP contribution in [-0.2, 0) is 4.79 Å². The largest absolute Gasteiger partial charge is 0.342 e. The molecule has 2 fully saturated rings. The first-order valence-corrected chi connectivity index (χ1v) is 7.84. The number of carbonyl (C=O) groups excluding carboxylic acids is 2. The van der Waals surface area contributed by atoms with Gasteiger partial charge in [-0.1, -0.05) is 6.07 Å². The van der Waals surface area contributed by atoms with Gasteiger partial charge in [0.2, 0.25) is 5.91 Å². The fraction of sp³-hybridized carbons (Fsp3) is 0.562. The second-order valence-electron chi connectivity index (χ2n) is 6.17. The monoisotopic (exact) mass is 302 g/mol. The van der Waals surface area contributed by atoms with Gasteiger partial charge in [0.15, 0.2) is 0 Å². The number of nitrogens with one attached hydrogen (secondary N) is 2. The van der Waals surface area contributed by atoms with Crippen molar-refractivity contribution in [1.29, 1.82) is 0 Å². The Bertz CT molecular complexity index is 536. The fourth-order valence-electron chi connectivity index (χ4n) is 3.42. The van der Waals surface area contributed by atoms with Gasteiger partial charge in [0.25, 0.3) is 5.91 Å². The molecule has 2 N–H and O–H groups in total. The molecule has 3 heterocycles. The normalized spacial score (nSPS) is 26.5. The molecule has 6 heteroatoms. The van der Waals surface area contributed by atoms with Crippen LogP contribution in [-0.4, -0.2) is 53.4 Å². The maximum Gasteiger partial charge on any atom is 0.270 e. The number of aromatic nitrogens is 1. The first-order valence-electron chi connectivity index (χ1n) is 7.84. The van der Waals surface area contributed by atoms with E-state index in [1.54, 1.807) is 29.3 Å². The molecule has 2 bridgehead atoms. The zero-order valence-electron chi connectivity index (χ0n) is 12.8. The smallest absolute Gasteiger partial charge is 0.270 e. The van der Waals surface area contributed by atoms with Crippen molar-refractivity contribution < 1.29 is 9.59 Å². The third kappa shape index (κ3) is 3.27. The van der Waals surface area contributed by atoms with Gasteiger partial charge in [0.1, 0.15) is 5.69 Å². The minimum atomic E-state index is -0.312. The summed E-state index contributed by atoms with van der Waals surface area (Å²) in [5.74, 6) is -0.358. The van der Waals surface area contributed by atoms with E-state index in [-0.39, 0.29) is 24.4 Å². The van der Waals surface area contributed by atoms with E-state index in [4.69, 9.17) is 0 Å². The van der Waals surface area contributed by atoms with Gasteiger partial charge in [0, 0.05) is 31.4 Å². The topological polar surface area (TPSA) is 74.3 Å². The Morgan fingerprint density at radius 1 is 1.32 bits per heavy atom. The molecule has 2 unspecified atom stereocenters. The average molecular weight is 302 g/mol. The van der Waals surface area contributed by atoms with Crippen molar-refractivity contribution in [2.24, 2.45) is 0 Å². The molecule has 1 aromatic rings. The second kappa shape index (κ2) is 6.44. The lowest BCUT2D eigenvalue weighted by molar-refractivity contribution is -0.131. The van der Waals surface area contributed by atoms with Gasteiger partial charge in [-0.25, -0.2) is 0 Å². The first-order chi connectivity index (χ1) is 10.6. The molecule has 22 heavy (non-hydrogen) atoms. The minimum absolute atomic E-state index is 0.0190. The summed E-state index contributed by atoms with van der Waals surface area (Å²) in [6.45, 7) is 0.0190. The van der Waals surface area contributed by atoms with E-state index >= 15 is 0 Å². The van der Waals surface area contributed by atoms with Crippen LogP contribution in [0, 0.1) is 0 Å². The average Bonchev–Trinajstić information content (AvgIpc) is 2.90. The molecule has 0 saturated carbocycles. The van der Waals surface area contributed by atoms with Gasteiger partial charge < -0.3 is 15.5 Å². The first kappa shape index (κ1) is 15.0. The number of piperidine rings is 1. The van der Waals surface area contributed by atoms with Gasteiger partial charge in [0.05, 0.1) is 6.54 Å². The third-order valence-corrected chi connectivity index (χ3v) is 4.69. The molecule has 2 amide bonds. The molecule has 1 aromatic heterocycles. The van der Waals surface area contributed by atoms with Crippen LogP contribution in [0.3, 0.4) is 0 Å². The van der Waals surface area contributed by atoms with Crippen molar-refractivity contribution >= 4 is 11.8 Å². The van der Waals surface area contributed by atoms with Crippen molar-refractivity contribution in [1.82, 2.24) is 20.5 Å². The van der Waals surface area contributed by atoms with Gasteiger partial charge in [-0.2, -0.15) is 0 Å². The molecule has 0 aromatic carbocycles. The summed E-state index contributed by atoms with van der Waals surface area (Å²) in [5.41, 5.74) is 0.331. The van der Waals surface area contributed by atoms with E-state index in [9.17, 15) is 9.59 Å². The Morgan fingerprint density at radius 2 is 2.05 bits per heavy atom. The van der Waals surface area contributed by atoms with Crippen molar-refractivity contribution in [3.8, 4) is 0 Å². The summed E-state index contributed by atoms with van der Waals surface area (Å²) in [7, 11) is 1.84. The van der Waals surface area contributed by atoms with E-state index in [1.807, 2.05) is 7.05 Å². The van der Waals surface area contributed by atoms with Gasteiger partial charge in [-0.15, -0.1) is 0 Å². The van der Waals surface area contributed by atoms with Crippen LogP contribution < -0.4 is 10.6 Å². The minimum Gasteiger partial charge on any atom is -0.342 e. The molecule has 3 rings (SSSR count). The number of rotatable bonds is 4. The summed E-state index contributed by atoms with van der Waals surface area (Å²) in [6.07, 6.45) is 5.99. The SMILES string of the molecule is CN(C(=O)CNC(=O)c1ccccn1)C1CC2CCC(C1)N2. The summed E-state index contributed by atoms with van der Waals surface area (Å²) in [5, 5.41) is 6.22. The lowest BCUT2D eigenvalue weighted by Crippen LogP contribution is -2.50. The molecule has 2 saturated heterocycles. The number of likely N-dealkylation sites (N-methyl/N-ethyl adjacent to an activating group) is 1. The molecular weight excluding hydrogens is 280 g/mol. The lowest BCUT2D eigenvalue weighted by atomic mass is 9.98. The van der Waals surface area contributed by atoms with Crippen molar-refractivity contribution in [3.05, 3.63) is 30.1 Å². The Hall–Kier alpha value is -1.95. The number of nitrogens with zero attached hydrogens (tertiary/aromatic N) is 2. The zero-order valence-corrected chi connectivity index (χ0v) is 12.8. The van der Waals surface area contributed by atoms with Gasteiger partial charge in [-0.3, -0.25) is 14.6 Å². The quantitative estimate of drug-likeness (QED) is 0.852. The van der Waals surface area contributed by atoms with Crippen LogP contribution in [0.5, 0.6) is 0 Å². The summed E-state index contributed by atoms with van der Waals surface area (Å²) >= 11 is 0. The van der Waals surface area contributed by atoms with Gasteiger partial charge in [-0.05, 0) is 37.8 Å². The van der Waals surface area contributed by atoms with E-state index in [2.05, 4.69) is 15.6 Å². The van der Waals surface area contributed by atoms with Gasteiger partial charge >= 0.3 is 0 Å². The fourth-order valence-corrected chi connectivity index (χ4v) is 3.42. The molecule has 118 valence electrons. The number of pyridine rings is 1. The Labute approximate surface area is 130 Å².